The molecule has 21 heavy (non-hydrogen) atoms. The molecule has 0 aliphatic rings. The molecule has 0 aromatic heterocycles. The van der Waals surface area contributed by atoms with Gasteiger partial charge in [-0.25, -0.2) is 0 Å². The summed E-state index contributed by atoms with van der Waals surface area (Å²) in [6.07, 6.45) is 3.00. The highest BCUT2D eigenvalue weighted by Crippen LogP contribution is 2.15. The van der Waals surface area contributed by atoms with Crippen molar-refractivity contribution in [2.75, 3.05) is 7.11 Å². The lowest BCUT2D eigenvalue weighted by Crippen LogP contribution is -1.96. The second kappa shape index (κ2) is 6.86. The van der Waals surface area contributed by atoms with Crippen LogP contribution in [-0.2, 0) is 0 Å². The number of carbonyl (C=O) groups is 2. The highest BCUT2D eigenvalue weighted by Gasteiger charge is 2.07. The Kier molecular flexibility index (Phi) is 4.90. The van der Waals surface area contributed by atoms with Crippen LogP contribution in [0.25, 0.3) is 6.08 Å². The van der Waals surface area contributed by atoms with Gasteiger partial charge in [0.1, 0.15) is 5.75 Å². The van der Waals surface area contributed by atoms with Crippen molar-refractivity contribution < 1.29 is 14.3 Å². The maximum Gasteiger partial charge on any atom is 0.252 e. The van der Waals surface area contributed by atoms with Gasteiger partial charge in [0.25, 0.3) is 5.24 Å². The number of carbonyl (C=O) groups excluding carboxylic acids is 2. The molecule has 0 aliphatic heterocycles. The van der Waals surface area contributed by atoms with Gasteiger partial charge in [0.15, 0.2) is 5.78 Å². The van der Waals surface area contributed by atoms with Gasteiger partial charge in [-0.15, -0.1) is 0 Å². The fourth-order valence-corrected chi connectivity index (χ4v) is 2.01. The summed E-state index contributed by atoms with van der Waals surface area (Å²) in [4.78, 5) is 23.3. The molecule has 0 unspecified atom stereocenters. The average Bonchev–Trinajstić information content (AvgIpc) is 2.52. The lowest BCUT2D eigenvalue weighted by molar-refractivity contribution is 0.104. The number of ketones is 1. The third-order valence-corrected chi connectivity index (χ3v) is 3.16. The van der Waals surface area contributed by atoms with Crippen molar-refractivity contribution in [3.05, 3.63) is 71.3 Å². The SMILES string of the molecule is COc1ccc(C(=O)C=Cc2ccccc2C(=O)Cl)cc1. The summed E-state index contributed by atoms with van der Waals surface area (Å²) in [5, 5.41) is -0.549. The van der Waals surface area contributed by atoms with Crippen LogP contribution in [0, 0.1) is 0 Å². The minimum absolute atomic E-state index is 0.158. The molecule has 0 amide bonds. The number of hydrogen-bond acceptors (Lipinski definition) is 3. The summed E-state index contributed by atoms with van der Waals surface area (Å²) in [6.45, 7) is 0. The Morgan fingerprint density at radius 3 is 2.33 bits per heavy atom. The molecule has 0 fully saturated rings. The van der Waals surface area contributed by atoms with Crippen LogP contribution in [0.1, 0.15) is 26.3 Å². The predicted octanol–water partition coefficient (Wildman–Crippen LogP) is 3.97. The zero-order valence-corrected chi connectivity index (χ0v) is 12.1. The molecule has 0 saturated heterocycles. The van der Waals surface area contributed by atoms with E-state index in [9.17, 15) is 9.59 Å². The fraction of sp³-hybridized carbons (Fsp3) is 0.0588. The van der Waals surface area contributed by atoms with E-state index in [-0.39, 0.29) is 5.78 Å². The van der Waals surface area contributed by atoms with Gasteiger partial charge in [-0.2, -0.15) is 0 Å². The molecule has 0 saturated carbocycles. The number of methoxy groups -OCH3 is 1. The van der Waals surface area contributed by atoms with Crippen molar-refractivity contribution in [1.82, 2.24) is 0 Å². The monoisotopic (exact) mass is 300 g/mol. The molecule has 0 radical (unpaired) electrons. The number of halogens is 1. The van der Waals surface area contributed by atoms with Crippen LogP contribution in [0.15, 0.2) is 54.6 Å². The number of hydrogen-bond donors (Lipinski definition) is 0. The number of allylic oxidation sites excluding steroid dienone is 1. The van der Waals surface area contributed by atoms with Crippen molar-refractivity contribution in [2.24, 2.45) is 0 Å². The summed E-state index contributed by atoms with van der Waals surface area (Å²) in [5.41, 5.74) is 1.53. The Bertz CT molecular complexity index is 687. The van der Waals surface area contributed by atoms with Gasteiger partial charge in [-0.3, -0.25) is 9.59 Å². The second-order valence-corrected chi connectivity index (χ2v) is 4.63. The Morgan fingerprint density at radius 2 is 1.71 bits per heavy atom. The van der Waals surface area contributed by atoms with Gasteiger partial charge >= 0.3 is 0 Å². The lowest BCUT2D eigenvalue weighted by atomic mass is 10.1. The molecular formula is C17H13ClO3. The van der Waals surface area contributed by atoms with E-state index in [0.717, 1.165) is 0 Å². The Morgan fingerprint density at radius 1 is 1.05 bits per heavy atom. The predicted molar refractivity (Wildman–Crippen MR) is 83.0 cm³/mol. The normalized spacial score (nSPS) is 10.6. The summed E-state index contributed by atoms with van der Waals surface area (Å²) in [7, 11) is 1.57. The van der Waals surface area contributed by atoms with Crippen LogP contribution in [0.2, 0.25) is 0 Å². The number of rotatable bonds is 5. The third kappa shape index (κ3) is 3.80. The van der Waals surface area contributed by atoms with Crippen molar-refractivity contribution in [2.45, 2.75) is 0 Å². The largest absolute Gasteiger partial charge is 0.497 e. The average molecular weight is 301 g/mol. The highest BCUT2D eigenvalue weighted by molar-refractivity contribution is 6.68. The van der Waals surface area contributed by atoms with Gasteiger partial charge in [0, 0.05) is 11.1 Å². The topological polar surface area (TPSA) is 43.4 Å². The van der Waals surface area contributed by atoms with E-state index < -0.39 is 5.24 Å². The molecule has 2 rings (SSSR count). The highest BCUT2D eigenvalue weighted by atomic mass is 35.5. The van der Waals surface area contributed by atoms with Crippen LogP contribution in [0.4, 0.5) is 0 Å². The van der Waals surface area contributed by atoms with Gasteiger partial charge in [-0.05, 0) is 53.6 Å². The molecule has 4 heteroatoms. The van der Waals surface area contributed by atoms with Crippen LogP contribution in [-0.4, -0.2) is 18.1 Å². The van der Waals surface area contributed by atoms with E-state index >= 15 is 0 Å². The minimum Gasteiger partial charge on any atom is -0.497 e. The Balaban J connectivity index is 2.20. The zero-order valence-electron chi connectivity index (χ0n) is 11.4. The first kappa shape index (κ1) is 15.0. The standard InChI is InChI=1S/C17H13ClO3/c1-21-14-9-6-13(7-10-14)16(19)11-8-12-4-2-3-5-15(12)17(18)20/h2-11H,1H3. The van der Waals surface area contributed by atoms with Crippen molar-refractivity contribution >= 4 is 28.7 Å². The first-order valence-corrected chi connectivity index (χ1v) is 6.65. The molecule has 0 spiro atoms. The van der Waals surface area contributed by atoms with Gasteiger partial charge in [-0.1, -0.05) is 24.3 Å². The molecule has 3 nitrogen and oxygen atoms in total. The minimum atomic E-state index is -0.549. The molecular weight excluding hydrogens is 288 g/mol. The van der Waals surface area contributed by atoms with Gasteiger partial charge in [0.2, 0.25) is 0 Å². The van der Waals surface area contributed by atoms with Crippen molar-refractivity contribution in [3.8, 4) is 5.75 Å². The lowest BCUT2D eigenvalue weighted by Gasteiger charge is -2.01. The summed E-state index contributed by atoms with van der Waals surface area (Å²) >= 11 is 5.50. The van der Waals surface area contributed by atoms with Crippen LogP contribution in [0.5, 0.6) is 5.75 Å². The zero-order chi connectivity index (χ0) is 15.2. The third-order valence-electron chi connectivity index (χ3n) is 2.96. The summed E-state index contributed by atoms with van der Waals surface area (Å²) in [5.74, 6) is 0.531. The number of ether oxygens (including phenoxy) is 1. The van der Waals surface area contributed by atoms with Crippen molar-refractivity contribution in [3.63, 3.8) is 0 Å². The maximum atomic E-state index is 12.1. The maximum absolute atomic E-state index is 12.1. The number of benzene rings is 2. The second-order valence-electron chi connectivity index (χ2n) is 4.29. The smallest absolute Gasteiger partial charge is 0.252 e. The Hall–Kier alpha value is -2.39. The molecule has 0 bridgehead atoms. The van der Waals surface area contributed by atoms with E-state index in [2.05, 4.69) is 0 Å². The molecule has 0 aliphatic carbocycles. The van der Waals surface area contributed by atoms with E-state index in [4.69, 9.17) is 16.3 Å². The van der Waals surface area contributed by atoms with Gasteiger partial charge < -0.3 is 4.74 Å². The van der Waals surface area contributed by atoms with Crippen molar-refractivity contribution in [1.29, 1.82) is 0 Å². The Labute approximate surface area is 127 Å². The molecule has 2 aromatic carbocycles. The summed E-state index contributed by atoms with van der Waals surface area (Å²) < 4.78 is 5.04. The first-order valence-electron chi connectivity index (χ1n) is 6.27. The molecule has 0 N–H and O–H groups in total. The van der Waals surface area contributed by atoms with Crippen LogP contribution < -0.4 is 4.74 Å². The summed E-state index contributed by atoms with van der Waals surface area (Å²) in [6, 6.07) is 13.7. The molecule has 0 heterocycles. The molecule has 106 valence electrons. The van der Waals surface area contributed by atoms with E-state index in [1.165, 1.54) is 6.08 Å². The van der Waals surface area contributed by atoms with E-state index in [0.29, 0.717) is 22.4 Å². The fourth-order valence-electron chi connectivity index (χ4n) is 1.84. The first-order chi connectivity index (χ1) is 10.1. The van der Waals surface area contributed by atoms with Gasteiger partial charge in [0.05, 0.1) is 7.11 Å². The van der Waals surface area contributed by atoms with E-state index in [1.807, 2.05) is 0 Å². The molecule has 2 aromatic rings. The van der Waals surface area contributed by atoms with Crippen LogP contribution >= 0.6 is 11.6 Å². The van der Waals surface area contributed by atoms with E-state index in [1.54, 1.807) is 61.7 Å². The quantitative estimate of drug-likeness (QED) is 0.477. The van der Waals surface area contributed by atoms with Crippen LogP contribution in [0.3, 0.4) is 0 Å². The molecule has 0 atom stereocenters.